The number of benzene rings is 1. The molecule has 3 N–H and O–H groups in total. The number of sulfonamides is 1. The second-order valence-corrected chi connectivity index (χ2v) is 5.00. The zero-order valence-electron chi connectivity index (χ0n) is 9.71. The Morgan fingerprint density at radius 2 is 2.11 bits per heavy atom. The van der Waals surface area contributed by atoms with Crippen LogP contribution in [0.5, 0.6) is 0 Å². The zero-order valence-corrected chi connectivity index (χ0v) is 10.5. The summed E-state index contributed by atoms with van der Waals surface area (Å²) < 4.78 is 35.9. The molecule has 0 radical (unpaired) electrons. The predicted molar refractivity (Wildman–Crippen MR) is 62.4 cm³/mol. The summed E-state index contributed by atoms with van der Waals surface area (Å²) in [7, 11) is -4.52. The molecule has 0 spiro atoms. The molecule has 1 rings (SSSR count). The maximum Gasteiger partial charge on any atom is 0.307 e. The molecule has 0 aliphatic rings. The van der Waals surface area contributed by atoms with E-state index in [1.807, 2.05) is 0 Å². The molecule has 10 heteroatoms. The van der Waals surface area contributed by atoms with Crippen molar-refractivity contribution in [3.05, 3.63) is 33.6 Å². The van der Waals surface area contributed by atoms with Crippen LogP contribution in [0.2, 0.25) is 0 Å². The topological polar surface area (TPSA) is 132 Å². The van der Waals surface area contributed by atoms with Gasteiger partial charge in [-0.3, -0.25) is 14.9 Å². The molecule has 1 aromatic rings. The molecular weight excluding hydrogens is 281 g/mol. The minimum atomic E-state index is -4.52. The lowest BCUT2D eigenvalue weighted by atomic mass is 10.2. The van der Waals surface area contributed by atoms with Gasteiger partial charge in [0, 0.05) is 18.2 Å². The first-order chi connectivity index (χ1) is 8.68. The maximum atomic E-state index is 13.6. The Labute approximate surface area is 107 Å². The number of hydrogen-bond acceptors (Lipinski definition) is 5. The Hall–Kier alpha value is -2.07. The number of halogens is 1. The third-order valence-corrected chi connectivity index (χ3v) is 3.03. The van der Waals surface area contributed by atoms with Gasteiger partial charge in [-0.15, -0.1) is 0 Å². The van der Waals surface area contributed by atoms with Crippen molar-refractivity contribution in [2.45, 2.75) is 11.8 Å². The highest BCUT2D eigenvalue weighted by Gasteiger charge is 2.27. The van der Waals surface area contributed by atoms with Crippen molar-refractivity contribution in [2.75, 3.05) is 6.54 Å². The van der Waals surface area contributed by atoms with Gasteiger partial charge in [0.05, 0.1) is 4.92 Å². The number of nitro benzene ring substituents is 1. The van der Waals surface area contributed by atoms with Gasteiger partial charge in [0.15, 0.2) is 0 Å². The molecule has 0 unspecified atom stereocenters. The molecule has 0 atom stereocenters. The number of hydrogen-bond donors (Lipinski definition) is 2. The number of amides is 1. The van der Waals surface area contributed by atoms with Crippen molar-refractivity contribution in [1.82, 2.24) is 5.32 Å². The largest absolute Gasteiger partial charge is 0.352 e. The van der Waals surface area contributed by atoms with E-state index in [2.05, 4.69) is 5.32 Å². The van der Waals surface area contributed by atoms with E-state index in [-0.39, 0.29) is 12.1 Å². The Morgan fingerprint density at radius 1 is 1.53 bits per heavy atom. The number of nitrogens with two attached hydrogens (primary N) is 1. The van der Waals surface area contributed by atoms with E-state index in [0.717, 1.165) is 0 Å². The van der Waals surface area contributed by atoms with Gasteiger partial charge in [-0.25, -0.2) is 13.6 Å². The second-order valence-electron chi connectivity index (χ2n) is 3.47. The van der Waals surface area contributed by atoms with Crippen LogP contribution in [0.3, 0.4) is 0 Å². The summed E-state index contributed by atoms with van der Waals surface area (Å²) in [4.78, 5) is 19.9. The summed E-state index contributed by atoms with van der Waals surface area (Å²) in [5, 5.41) is 17.7. The van der Waals surface area contributed by atoms with E-state index in [0.29, 0.717) is 12.1 Å². The van der Waals surface area contributed by atoms with Gasteiger partial charge in [0.25, 0.3) is 5.91 Å². The molecule has 0 bridgehead atoms. The van der Waals surface area contributed by atoms with E-state index in [1.54, 1.807) is 6.92 Å². The highest BCUT2D eigenvalue weighted by atomic mass is 32.2. The van der Waals surface area contributed by atoms with E-state index >= 15 is 0 Å². The molecule has 1 aromatic carbocycles. The highest BCUT2D eigenvalue weighted by Crippen LogP contribution is 2.25. The fourth-order valence-electron chi connectivity index (χ4n) is 1.32. The molecule has 1 amide bonds. The molecule has 0 aromatic heterocycles. The Bertz CT molecular complexity index is 644. The number of nitrogens with zero attached hydrogens (tertiary/aromatic N) is 1. The fraction of sp³-hybridized carbons (Fsp3) is 0.222. The molecule has 0 aliphatic carbocycles. The molecular formula is C9H10FN3O5S. The van der Waals surface area contributed by atoms with Gasteiger partial charge in [-0.05, 0) is 13.0 Å². The van der Waals surface area contributed by atoms with Crippen LogP contribution in [0.1, 0.15) is 17.3 Å². The zero-order chi connectivity index (χ0) is 14.8. The summed E-state index contributed by atoms with van der Waals surface area (Å²) in [6.45, 7) is 1.81. The number of rotatable bonds is 4. The predicted octanol–water partition coefficient (Wildman–Crippen LogP) is 0.131. The minimum Gasteiger partial charge on any atom is -0.352 e. The molecule has 19 heavy (non-hydrogen) atoms. The molecule has 0 fully saturated rings. The molecule has 104 valence electrons. The van der Waals surface area contributed by atoms with Crippen LogP contribution in [0, 0.1) is 15.9 Å². The molecule has 0 saturated heterocycles. The quantitative estimate of drug-likeness (QED) is 0.601. The van der Waals surface area contributed by atoms with Crippen molar-refractivity contribution >= 4 is 21.6 Å². The van der Waals surface area contributed by atoms with Gasteiger partial charge < -0.3 is 5.32 Å². The van der Waals surface area contributed by atoms with E-state index < -0.39 is 37.3 Å². The monoisotopic (exact) mass is 291 g/mol. The van der Waals surface area contributed by atoms with Gasteiger partial charge in [0.1, 0.15) is 4.90 Å². The van der Waals surface area contributed by atoms with Gasteiger partial charge in [-0.1, -0.05) is 0 Å². The smallest absolute Gasteiger partial charge is 0.307 e. The first-order valence-corrected chi connectivity index (χ1v) is 6.52. The van der Waals surface area contributed by atoms with Crippen molar-refractivity contribution in [3.63, 3.8) is 0 Å². The van der Waals surface area contributed by atoms with Crippen LogP contribution in [-0.2, 0) is 10.0 Å². The molecule has 0 heterocycles. The lowest BCUT2D eigenvalue weighted by Crippen LogP contribution is -2.24. The number of nitrogens with one attached hydrogen (secondary N) is 1. The SMILES string of the molecule is CCNC(=O)c1cc([N+](=O)[O-])c(F)c(S(N)(=O)=O)c1. The van der Waals surface area contributed by atoms with E-state index in [4.69, 9.17) is 5.14 Å². The van der Waals surface area contributed by atoms with E-state index in [9.17, 15) is 27.7 Å². The van der Waals surface area contributed by atoms with Crippen molar-refractivity contribution in [2.24, 2.45) is 5.14 Å². The summed E-state index contributed by atoms with van der Waals surface area (Å²) in [5.41, 5.74) is -1.49. The Morgan fingerprint density at radius 3 is 2.53 bits per heavy atom. The highest BCUT2D eigenvalue weighted by molar-refractivity contribution is 7.89. The minimum absolute atomic E-state index is 0.217. The third-order valence-electron chi connectivity index (χ3n) is 2.12. The Balaban J connectivity index is 3.58. The summed E-state index contributed by atoms with van der Waals surface area (Å²) in [5.74, 6) is -2.36. The first-order valence-electron chi connectivity index (χ1n) is 4.97. The third kappa shape index (κ3) is 3.23. The van der Waals surface area contributed by atoms with Crippen molar-refractivity contribution < 1.29 is 22.5 Å². The fourth-order valence-corrected chi connectivity index (χ4v) is 1.96. The second kappa shape index (κ2) is 5.28. The molecule has 0 aliphatic heterocycles. The van der Waals surface area contributed by atoms with Crippen LogP contribution in [-0.4, -0.2) is 25.8 Å². The summed E-state index contributed by atoms with van der Waals surface area (Å²) >= 11 is 0. The number of nitro groups is 1. The number of primary sulfonamides is 1. The van der Waals surface area contributed by atoms with Crippen LogP contribution in [0.25, 0.3) is 0 Å². The van der Waals surface area contributed by atoms with Crippen molar-refractivity contribution in [3.8, 4) is 0 Å². The van der Waals surface area contributed by atoms with Crippen LogP contribution < -0.4 is 10.5 Å². The lowest BCUT2D eigenvalue weighted by molar-refractivity contribution is -0.387. The first kappa shape index (κ1) is 15.0. The normalized spacial score (nSPS) is 11.1. The molecule has 0 saturated carbocycles. The van der Waals surface area contributed by atoms with Gasteiger partial charge in [-0.2, -0.15) is 4.39 Å². The summed E-state index contributed by atoms with van der Waals surface area (Å²) in [6, 6.07) is 1.30. The van der Waals surface area contributed by atoms with Crippen LogP contribution in [0.15, 0.2) is 17.0 Å². The van der Waals surface area contributed by atoms with Gasteiger partial charge in [0.2, 0.25) is 15.8 Å². The van der Waals surface area contributed by atoms with Crippen LogP contribution in [0.4, 0.5) is 10.1 Å². The van der Waals surface area contributed by atoms with E-state index in [1.165, 1.54) is 0 Å². The Kier molecular flexibility index (Phi) is 4.17. The van der Waals surface area contributed by atoms with Crippen LogP contribution >= 0.6 is 0 Å². The average molecular weight is 291 g/mol. The maximum absolute atomic E-state index is 13.6. The lowest BCUT2D eigenvalue weighted by Gasteiger charge is -2.06. The average Bonchev–Trinajstić information content (AvgIpc) is 2.27. The summed E-state index contributed by atoms with van der Waals surface area (Å²) in [6.07, 6.45) is 0. The standard InChI is InChI=1S/C9H10FN3O5S/c1-2-12-9(14)5-3-6(13(15)16)8(10)7(4-5)19(11,17)18/h3-4H,2H2,1H3,(H,12,14)(H2,11,17,18). The number of carbonyl (C=O) groups excluding carboxylic acids is 1. The molecule has 8 nitrogen and oxygen atoms in total. The number of carbonyl (C=O) groups is 1. The van der Waals surface area contributed by atoms with Gasteiger partial charge >= 0.3 is 5.69 Å². The van der Waals surface area contributed by atoms with Crippen molar-refractivity contribution in [1.29, 1.82) is 0 Å².